The van der Waals surface area contributed by atoms with Crippen molar-refractivity contribution in [3.8, 4) is 11.5 Å². The van der Waals surface area contributed by atoms with E-state index in [2.05, 4.69) is 15.2 Å². The summed E-state index contributed by atoms with van der Waals surface area (Å²) < 4.78 is 16.2. The second kappa shape index (κ2) is 9.37. The van der Waals surface area contributed by atoms with Gasteiger partial charge in [0.1, 0.15) is 11.5 Å². The fourth-order valence-electron chi connectivity index (χ4n) is 2.85. The van der Waals surface area contributed by atoms with Gasteiger partial charge in [0.2, 0.25) is 5.89 Å². The Morgan fingerprint density at radius 1 is 1.00 bits per heavy atom. The number of nitrogens with zero attached hydrogens (tertiary/aromatic N) is 3. The van der Waals surface area contributed by atoms with Gasteiger partial charge < -0.3 is 13.9 Å². The molecule has 0 fully saturated rings. The maximum Gasteiger partial charge on any atom is 0.276 e. The van der Waals surface area contributed by atoms with Crippen LogP contribution in [-0.2, 0) is 6.42 Å². The van der Waals surface area contributed by atoms with Gasteiger partial charge >= 0.3 is 0 Å². The van der Waals surface area contributed by atoms with Crippen LogP contribution in [-0.4, -0.2) is 47.0 Å². The van der Waals surface area contributed by atoms with Crippen molar-refractivity contribution in [1.29, 1.82) is 0 Å². The van der Waals surface area contributed by atoms with Crippen LogP contribution in [0.1, 0.15) is 17.0 Å². The van der Waals surface area contributed by atoms with E-state index in [-0.39, 0.29) is 0 Å². The summed E-state index contributed by atoms with van der Waals surface area (Å²) >= 11 is 3.38. The van der Waals surface area contributed by atoms with Gasteiger partial charge in [0, 0.05) is 16.6 Å². The highest BCUT2D eigenvalue weighted by molar-refractivity contribution is 8.16. The number of methoxy groups -OCH3 is 2. The standard InChI is InChI=1S/C21H21N3O3S2/c1-25-16-7-3-14(4-8-16)11-19-23-24-21(27-19)28-13-18-12-22-20(29-18)15-5-9-17(26-2)10-6-15/h3-10,18H,11-13H2,1-2H3. The number of aliphatic imine (C=N–C) groups is 1. The summed E-state index contributed by atoms with van der Waals surface area (Å²) in [5.41, 5.74) is 2.23. The van der Waals surface area contributed by atoms with Gasteiger partial charge in [0.25, 0.3) is 5.22 Å². The monoisotopic (exact) mass is 427 g/mol. The van der Waals surface area contributed by atoms with E-state index >= 15 is 0 Å². The molecule has 0 N–H and O–H groups in total. The highest BCUT2D eigenvalue weighted by Gasteiger charge is 2.22. The zero-order chi connectivity index (χ0) is 20.1. The van der Waals surface area contributed by atoms with Crippen molar-refractivity contribution in [3.05, 3.63) is 65.5 Å². The average molecular weight is 428 g/mol. The molecule has 1 unspecified atom stereocenters. The van der Waals surface area contributed by atoms with E-state index in [4.69, 9.17) is 13.9 Å². The first-order valence-corrected chi connectivity index (χ1v) is 11.0. The molecular formula is C21H21N3O3S2. The molecule has 1 aromatic heterocycles. The number of hydrogen-bond donors (Lipinski definition) is 0. The molecule has 0 amide bonds. The highest BCUT2D eigenvalue weighted by Crippen LogP contribution is 2.31. The van der Waals surface area contributed by atoms with Crippen molar-refractivity contribution in [2.45, 2.75) is 16.9 Å². The van der Waals surface area contributed by atoms with E-state index in [0.29, 0.717) is 22.8 Å². The molecule has 6 nitrogen and oxygen atoms in total. The third kappa shape index (κ3) is 5.13. The molecule has 1 aliphatic rings. The maximum absolute atomic E-state index is 5.79. The summed E-state index contributed by atoms with van der Waals surface area (Å²) in [7, 11) is 3.33. The molecule has 4 rings (SSSR count). The fraction of sp³-hybridized carbons (Fsp3) is 0.286. The molecule has 2 heterocycles. The number of thioether (sulfide) groups is 2. The summed E-state index contributed by atoms with van der Waals surface area (Å²) in [5.74, 6) is 3.18. The van der Waals surface area contributed by atoms with Crippen molar-refractivity contribution in [2.24, 2.45) is 4.99 Å². The van der Waals surface area contributed by atoms with Crippen LogP contribution in [0.4, 0.5) is 0 Å². The van der Waals surface area contributed by atoms with Gasteiger partial charge in [-0.15, -0.1) is 22.0 Å². The Morgan fingerprint density at radius 3 is 2.38 bits per heavy atom. The fourth-order valence-corrected chi connectivity index (χ4v) is 4.90. The number of hydrogen-bond acceptors (Lipinski definition) is 8. The molecule has 0 saturated carbocycles. The third-order valence-electron chi connectivity index (χ3n) is 4.41. The van der Waals surface area contributed by atoms with Crippen LogP contribution >= 0.6 is 23.5 Å². The van der Waals surface area contributed by atoms with E-state index < -0.39 is 0 Å². The summed E-state index contributed by atoms with van der Waals surface area (Å²) in [6, 6.07) is 15.9. The molecule has 2 aromatic carbocycles. The van der Waals surface area contributed by atoms with Crippen molar-refractivity contribution in [2.75, 3.05) is 26.5 Å². The lowest BCUT2D eigenvalue weighted by atomic mass is 10.1. The van der Waals surface area contributed by atoms with Gasteiger partial charge in [-0.05, 0) is 42.0 Å². The Kier molecular flexibility index (Phi) is 6.41. The number of rotatable bonds is 8. The van der Waals surface area contributed by atoms with Gasteiger partial charge in [-0.1, -0.05) is 23.9 Å². The van der Waals surface area contributed by atoms with E-state index in [0.717, 1.165) is 40.0 Å². The van der Waals surface area contributed by atoms with Gasteiger partial charge in [0.05, 0.1) is 32.2 Å². The molecule has 0 aliphatic carbocycles. The van der Waals surface area contributed by atoms with Crippen molar-refractivity contribution in [1.82, 2.24) is 10.2 Å². The quantitative estimate of drug-likeness (QED) is 0.496. The lowest BCUT2D eigenvalue weighted by Crippen LogP contribution is -2.06. The van der Waals surface area contributed by atoms with E-state index in [1.54, 1.807) is 37.7 Å². The first-order valence-electron chi connectivity index (χ1n) is 9.17. The second-order valence-electron chi connectivity index (χ2n) is 6.41. The van der Waals surface area contributed by atoms with Gasteiger partial charge in [0.15, 0.2) is 0 Å². The average Bonchev–Trinajstić information content (AvgIpc) is 3.42. The Hall–Kier alpha value is -2.45. The van der Waals surface area contributed by atoms with Crippen LogP contribution < -0.4 is 9.47 Å². The lowest BCUT2D eigenvalue weighted by Gasteiger charge is -2.06. The molecule has 3 aromatic rings. The zero-order valence-corrected chi connectivity index (χ0v) is 17.8. The normalized spacial score (nSPS) is 15.9. The number of ether oxygens (including phenoxy) is 2. The molecule has 29 heavy (non-hydrogen) atoms. The minimum atomic E-state index is 0.397. The predicted octanol–water partition coefficient (Wildman–Crippen LogP) is 4.33. The Labute approximate surface area is 178 Å². The Morgan fingerprint density at radius 2 is 1.69 bits per heavy atom. The molecule has 8 heteroatoms. The van der Waals surface area contributed by atoms with Crippen LogP contribution in [0.25, 0.3) is 0 Å². The second-order valence-corrected chi connectivity index (χ2v) is 8.67. The molecule has 0 spiro atoms. The Balaban J connectivity index is 1.26. The first kappa shape index (κ1) is 19.8. The Bertz CT molecular complexity index is 972. The minimum Gasteiger partial charge on any atom is -0.497 e. The largest absolute Gasteiger partial charge is 0.497 e. The maximum atomic E-state index is 5.79. The molecule has 1 aliphatic heterocycles. The highest BCUT2D eigenvalue weighted by atomic mass is 32.2. The summed E-state index contributed by atoms with van der Waals surface area (Å²) in [5, 5.41) is 10.4. The van der Waals surface area contributed by atoms with E-state index in [9.17, 15) is 0 Å². The van der Waals surface area contributed by atoms with E-state index in [1.165, 1.54) is 0 Å². The van der Waals surface area contributed by atoms with Gasteiger partial charge in [-0.2, -0.15) is 0 Å². The minimum absolute atomic E-state index is 0.397. The van der Waals surface area contributed by atoms with Crippen LogP contribution in [0.2, 0.25) is 0 Å². The predicted molar refractivity (Wildman–Crippen MR) is 117 cm³/mol. The molecular weight excluding hydrogens is 406 g/mol. The topological polar surface area (TPSA) is 69.7 Å². The number of benzene rings is 2. The molecule has 1 atom stereocenters. The zero-order valence-electron chi connectivity index (χ0n) is 16.2. The summed E-state index contributed by atoms with van der Waals surface area (Å²) in [4.78, 5) is 4.68. The van der Waals surface area contributed by atoms with Gasteiger partial charge in [-0.3, -0.25) is 4.99 Å². The van der Waals surface area contributed by atoms with Gasteiger partial charge in [-0.25, -0.2) is 0 Å². The van der Waals surface area contributed by atoms with Crippen molar-refractivity contribution in [3.63, 3.8) is 0 Å². The molecule has 0 bridgehead atoms. The molecule has 0 radical (unpaired) electrons. The molecule has 0 saturated heterocycles. The lowest BCUT2D eigenvalue weighted by molar-refractivity contribution is 0.413. The summed E-state index contributed by atoms with van der Waals surface area (Å²) in [6.07, 6.45) is 0.612. The van der Waals surface area contributed by atoms with Crippen LogP contribution in [0.15, 0.2) is 63.2 Å². The van der Waals surface area contributed by atoms with E-state index in [1.807, 2.05) is 48.5 Å². The van der Waals surface area contributed by atoms with Crippen molar-refractivity contribution >= 4 is 28.6 Å². The SMILES string of the molecule is COc1ccc(Cc2nnc(SCC3CN=C(c4ccc(OC)cc4)S3)o2)cc1. The third-order valence-corrected chi connectivity index (χ3v) is 6.84. The first-order chi connectivity index (χ1) is 14.2. The van der Waals surface area contributed by atoms with Crippen LogP contribution in [0.5, 0.6) is 11.5 Å². The smallest absolute Gasteiger partial charge is 0.276 e. The van der Waals surface area contributed by atoms with Crippen LogP contribution in [0, 0.1) is 0 Å². The van der Waals surface area contributed by atoms with Crippen LogP contribution in [0.3, 0.4) is 0 Å². The van der Waals surface area contributed by atoms with Crippen molar-refractivity contribution < 1.29 is 13.9 Å². The number of aromatic nitrogens is 2. The molecule has 150 valence electrons. The summed E-state index contributed by atoms with van der Waals surface area (Å²) in [6.45, 7) is 0.797.